The van der Waals surface area contributed by atoms with E-state index in [1.807, 2.05) is 115 Å². The highest BCUT2D eigenvalue weighted by Crippen LogP contribution is 2.33. The Balaban J connectivity index is 1.18. The number of nitrogens with zero attached hydrogens (tertiary/aromatic N) is 6. The summed E-state index contributed by atoms with van der Waals surface area (Å²) in [7, 11) is -2.83. The minimum Gasteiger partial charge on any atom is -0.208 e. The average Bonchev–Trinajstić information content (AvgIpc) is 3.36. The molecule has 0 fully saturated rings. The topological polar surface area (TPSA) is 77.3 Å². The predicted octanol–water partition coefficient (Wildman–Crippen LogP) is 9.44. The molecule has 10 aromatic rings. The number of hydrogen-bond acceptors (Lipinski definition) is 6. The highest BCUT2D eigenvalue weighted by Gasteiger charge is 2.41. The molecule has 0 saturated heterocycles. The van der Waals surface area contributed by atoms with Crippen LogP contribution in [0.4, 0.5) is 0 Å². The van der Waals surface area contributed by atoms with Crippen molar-refractivity contribution in [3.05, 3.63) is 231 Å². The maximum absolute atomic E-state index is 5.31. The monoisotopic (exact) mass is 798 g/mol. The molecule has 6 nitrogen and oxygen atoms in total. The van der Waals surface area contributed by atoms with E-state index in [4.69, 9.17) is 29.9 Å². The molecule has 0 radical (unpaired) electrons. The van der Waals surface area contributed by atoms with Crippen LogP contribution in [0.3, 0.4) is 0 Å². The van der Waals surface area contributed by atoms with Crippen molar-refractivity contribution < 1.29 is 0 Å². The predicted molar refractivity (Wildman–Crippen MR) is 249 cm³/mol. The van der Waals surface area contributed by atoms with Gasteiger partial charge in [0, 0.05) is 33.4 Å². The molecule has 0 amide bonds. The first-order valence-electron chi connectivity index (χ1n) is 20.3. The molecule has 0 saturated carbocycles. The van der Waals surface area contributed by atoms with Gasteiger partial charge in [-0.3, -0.25) is 0 Å². The van der Waals surface area contributed by atoms with Gasteiger partial charge in [-0.05, 0) is 20.7 Å². The third kappa shape index (κ3) is 7.35. The summed E-state index contributed by atoms with van der Waals surface area (Å²) in [6.07, 6.45) is 0. The van der Waals surface area contributed by atoms with Gasteiger partial charge in [-0.1, -0.05) is 231 Å². The van der Waals surface area contributed by atoms with Gasteiger partial charge in [0.25, 0.3) is 0 Å². The van der Waals surface area contributed by atoms with E-state index in [2.05, 4.69) is 115 Å². The van der Waals surface area contributed by atoms with E-state index >= 15 is 0 Å². The van der Waals surface area contributed by atoms with E-state index in [1.165, 1.54) is 20.7 Å². The zero-order chi connectivity index (χ0) is 40.9. The lowest BCUT2D eigenvalue weighted by molar-refractivity contribution is 1.06. The van der Waals surface area contributed by atoms with Crippen LogP contribution in [-0.2, 0) is 0 Å². The van der Waals surface area contributed by atoms with Crippen LogP contribution in [-0.4, -0.2) is 38.0 Å². The van der Waals surface area contributed by atoms with E-state index < -0.39 is 8.07 Å². The summed E-state index contributed by atoms with van der Waals surface area (Å²) in [4.78, 5) is 30.8. The molecule has 2 aromatic heterocycles. The second-order valence-corrected chi connectivity index (χ2v) is 18.5. The molecular formula is C54H38N6Si. The minimum atomic E-state index is -2.83. The Hall–Kier alpha value is -8.00. The first-order chi connectivity index (χ1) is 30.2. The maximum atomic E-state index is 5.31. The third-order valence-corrected chi connectivity index (χ3v) is 15.7. The molecule has 0 spiro atoms. The third-order valence-electron chi connectivity index (χ3n) is 10.9. The molecule has 8 aromatic carbocycles. The summed E-state index contributed by atoms with van der Waals surface area (Å²) < 4.78 is 0. The lowest BCUT2D eigenvalue weighted by Gasteiger charge is -2.34. The first kappa shape index (κ1) is 37.3. The molecule has 0 unspecified atom stereocenters. The lowest BCUT2D eigenvalue weighted by atomic mass is 10.1. The molecule has 0 aliphatic heterocycles. The number of rotatable bonds is 10. The molecular weight excluding hydrogens is 761 g/mol. The molecule has 0 atom stereocenters. The number of hydrogen-bond donors (Lipinski definition) is 0. The highest BCUT2D eigenvalue weighted by molar-refractivity contribution is 7.19. The van der Waals surface area contributed by atoms with E-state index in [0.29, 0.717) is 34.9 Å². The van der Waals surface area contributed by atoms with Crippen LogP contribution in [0, 0.1) is 0 Å². The molecule has 0 bridgehead atoms. The van der Waals surface area contributed by atoms with E-state index in [0.717, 1.165) is 33.4 Å². The second kappa shape index (κ2) is 16.7. The smallest absolute Gasteiger partial charge is 0.179 e. The van der Waals surface area contributed by atoms with Crippen LogP contribution >= 0.6 is 0 Å². The maximum Gasteiger partial charge on any atom is 0.179 e. The zero-order valence-electron chi connectivity index (χ0n) is 33.1. The van der Waals surface area contributed by atoms with Gasteiger partial charge in [-0.15, -0.1) is 0 Å². The standard InChI is InChI=1S/C54H38N6Si/c1-7-22-39(23-8-1)49-55-50(40-24-9-2-10-25-40)58-53(57-49)47-36-19-20-37-48(47)54-59-51(41-26-11-3-12-27-41)56-52(60-54)42-28-21-35-46(38-42)61(43-29-13-4-14-30-43,44-31-15-5-16-32-44)45-33-17-6-18-34-45/h1-38H. The van der Waals surface area contributed by atoms with Gasteiger partial charge in [-0.2, -0.15) is 0 Å². The van der Waals surface area contributed by atoms with Gasteiger partial charge in [0.05, 0.1) is 0 Å². The lowest BCUT2D eigenvalue weighted by Crippen LogP contribution is -2.74. The summed E-state index contributed by atoms with van der Waals surface area (Å²) >= 11 is 0. The summed E-state index contributed by atoms with van der Waals surface area (Å²) in [6.45, 7) is 0. The quantitative estimate of drug-likeness (QED) is 0.101. The van der Waals surface area contributed by atoms with Crippen LogP contribution < -0.4 is 20.7 Å². The Kier molecular flexibility index (Phi) is 10.2. The van der Waals surface area contributed by atoms with Crippen molar-refractivity contribution >= 4 is 28.8 Å². The summed E-state index contributed by atoms with van der Waals surface area (Å²) in [5.41, 5.74) is 5.15. The number of benzene rings is 8. The fraction of sp³-hybridized carbons (Fsp3) is 0. The van der Waals surface area contributed by atoms with Crippen molar-refractivity contribution in [2.24, 2.45) is 0 Å². The molecule has 0 aliphatic carbocycles. The Labute approximate surface area is 356 Å². The molecule has 10 rings (SSSR count). The molecule has 7 heteroatoms. The molecule has 0 aliphatic rings. The highest BCUT2D eigenvalue weighted by atomic mass is 28.3. The summed E-state index contributed by atoms with van der Waals surface area (Å²) in [5.74, 6) is 3.36. The van der Waals surface area contributed by atoms with Crippen molar-refractivity contribution in [1.82, 2.24) is 29.9 Å². The Morgan fingerprint density at radius 1 is 0.213 bits per heavy atom. The fourth-order valence-corrected chi connectivity index (χ4v) is 12.9. The van der Waals surface area contributed by atoms with Gasteiger partial charge in [0.2, 0.25) is 0 Å². The first-order valence-corrected chi connectivity index (χ1v) is 22.3. The van der Waals surface area contributed by atoms with Crippen LogP contribution in [0.2, 0.25) is 0 Å². The fourth-order valence-electron chi connectivity index (χ4n) is 8.10. The van der Waals surface area contributed by atoms with Crippen LogP contribution in [0.1, 0.15) is 0 Å². The van der Waals surface area contributed by atoms with Gasteiger partial charge < -0.3 is 0 Å². The Morgan fingerprint density at radius 3 is 0.836 bits per heavy atom. The van der Waals surface area contributed by atoms with Gasteiger partial charge >= 0.3 is 0 Å². The van der Waals surface area contributed by atoms with Gasteiger partial charge in [-0.25, -0.2) is 29.9 Å². The van der Waals surface area contributed by atoms with Crippen molar-refractivity contribution in [3.8, 4) is 68.3 Å². The number of aromatic nitrogens is 6. The zero-order valence-corrected chi connectivity index (χ0v) is 34.1. The summed E-state index contributed by atoms with van der Waals surface area (Å²) in [6, 6.07) is 79.8. The molecule has 61 heavy (non-hydrogen) atoms. The van der Waals surface area contributed by atoms with Crippen LogP contribution in [0.25, 0.3) is 68.3 Å². The van der Waals surface area contributed by atoms with Crippen LogP contribution in [0.15, 0.2) is 231 Å². The van der Waals surface area contributed by atoms with Crippen molar-refractivity contribution in [2.45, 2.75) is 0 Å². The van der Waals surface area contributed by atoms with Gasteiger partial charge in [0.1, 0.15) is 0 Å². The Bertz CT molecular complexity index is 2910. The SMILES string of the molecule is c1ccc(-c2nc(-c3ccccc3)nc(-c3ccccc3-c3nc(-c4ccccc4)nc(-c4cccc([Si](c5ccccc5)(c5ccccc5)c5ccccc5)c4)n3)n2)cc1. The molecule has 0 N–H and O–H groups in total. The van der Waals surface area contributed by atoms with E-state index in [-0.39, 0.29) is 0 Å². The van der Waals surface area contributed by atoms with Crippen LogP contribution in [0.5, 0.6) is 0 Å². The average molecular weight is 799 g/mol. The van der Waals surface area contributed by atoms with Crippen molar-refractivity contribution in [3.63, 3.8) is 0 Å². The largest absolute Gasteiger partial charge is 0.208 e. The minimum absolute atomic E-state index is 0.519. The van der Waals surface area contributed by atoms with E-state index in [1.54, 1.807) is 0 Å². The molecule has 2 heterocycles. The summed E-state index contributed by atoms with van der Waals surface area (Å²) in [5, 5.41) is 5.11. The van der Waals surface area contributed by atoms with Crippen molar-refractivity contribution in [2.75, 3.05) is 0 Å². The second-order valence-electron chi connectivity index (χ2n) is 14.7. The van der Waals surface area contributed by atoms with E-state index in [9.17, 15) is 0 Å². The Morgan fingerprint density at radius 2 is 0.475 bits per heavy atom. The normalized spacial score (nSPS) is 11.3. The molecule has 288 valence electrons. The van der Waals surface area contributed by atoms with Gasteiger partial charge in [0.15, 0.2) is 43.0 Å². The van der Waals surface area contributed by atoms with Crippen molar-refractivity contribution in [1.29, 1.82) is 0 Å².